The summed E-state index contributed by atoms with van der Waals surface area (Å²) in [6.07, 6.45) is 4.39. The molecule has 11 aromatic carbocycles. The van der Waals surface area contributed by atoms with E-state index in [1.165, 1.54) is 49.4 Å². The zero-order chi connectivity index (χ0) is 44.1. The third-order valence-electron chi connectivity index (χ3n) is 12.4. The van der Waals surface area contributed by atoms with Gasteiger partial charge >= 0.3 is 0 Å². The summed E-state index contributed by atoms with van der Waals surface area (Å²) in [5.41, 5.74) is 16.0. The van der Waals surface area contributed by atoms with E-state index >= 15 is 0 Å². The number of para-hydroxylation sites is 4. The molecular formula is C64H46N2. The molecule has 0 bridgehead atoms. The Balaban J connectivity index is 1.14. The van der Waals surface area contributed by atoms with Crippen LogP contribution in [0.4, 0.5) is 34.1 Å². The molecule has 2 nitrogen and oxygen atoms in total. The van der Waals surface area contributed by atoms with Gasteiger partial charge in [0.25, 0.3) is 0 Å². The van der Waals surface area contributed by atoms with Gasteiger partial charge in [0.2, 0.25) is 0 Å². The minimum Gasteiger partial charge on any atom is -0.310 e. The molecule has 312 valence electrons. The van der Waals surface area contributed by atoms with Crippen molar-refractivity contribution in [2.24, 2.45) is 0 Å². The van der Waals surface area contributed by atoms with Crippen molar-refractivity contribution in [1.29, 1.82) is 0 Å². The van der Waals surface area contributed by atoms with Crippen molar-refractivity contribution in [2.75, 3.05) is 9.80 Å². The Labute approximate surface area is 387 Å². The van der Waals surface area contributed by atoms with Gasteiger partial charge in [-0.15, -0.1) is 0 Å². The highest BCUT2D eigenvalue weighted by Gasteiger charge is 2.21. The van der Waals surface area contributed by atoms with Crippen LogP contribution in [0.15, 0.2) is 267 Å². The van der Waals surface area contributed by atoms with E-state index in [0.717, 1.165) is 50.8 Å². The molecule has 0 aliphatic rings. The topological polar surface area (TPSA) is 6.48 Å². The van der Waals surface area contributed by atoms with Gasteiger partial charge in [0.15, 0.2) is 0 Å². The number of nitrogens with zero attached hydrogens (tertiary/aromatic N) is 2. The molecule has 0 radical (unpaired) electrons. The van der Waals surface area contributed by atoms with Gasteiger partial charge in [0.05, 0.1) is 0 Å². The van der Waals surface area contributed by atoms with E-state index < -0.39 is 0 Å². The second-order valence-electron chi connectivity index (χ2n) is 16.5. The highest BCUT2D eigenvalue weighted by molar-refractivity contribution is 6.22. The Morgan fingerprint density at radius 3 is 1.06 bits per heavy atom. The largest absolute Gasteiger partial charge is 0.310 e. The third kappa shape index (κ3) is 8.05. The van der Waals surface area contributed by atoms with Crippen molar-refractivity contribution >= 4 is 67.8 Å². The van der Waals surface area contributed by atoms with Crippen molar-refractivity contribution in [3.8, 4) is 33.4 Å². The Morgan fingerprint density at radius 1 is 0.212 bits per heavy atom. The number of fused-ring (bicyclic) bond motifs is 2. The lowest BCUT2D eigenvalue weighted by molar-refractivity contribution is 1.28. The maximum Gasteiger partial charge on any atom is 0.0467 e. The predicted octanol–water partition coefficient (Wildman–Crippen LogP) is 18.1. The van der Waals surface area contributed by atoms with Crippen LogP contribution in [0.5, 0.6) is 0 Å². The fraction of sp³-hybridized carbons (Fsp3) is 0. The molecule has 0 saturated carbocycles. The van der Waals surface area contributed by atoms with Gasteiger partial charge in [0.1, 0.15) is 0 Å². The SMILES string of the molecule is C(=Cc1cccc(-c2ccc3c(-c4cccc(N(c5ccccc5)c5ccccc5)c4)c4ccccc4c(-c4cccc(N(c5ccccc5)c5ccccc5)c4)c3c2)c1)c1ccccc1. The first-order valence-electron chi connectivity index (χ1n) is 22.6. The summed E-state index contributed by atoms with van der Waals surface area (Å²) in [4.78, 5) is 4.69. The summed E-state index contributed by atoms with van der Waals surface area (Å²) >= 11 is 0. The molecule has 0 amide bonds. The van der Waals surface area contributed by atoms with E-state index in [1.54, 1.807) is 0 Å². The van der Waals surface area contributed by atoms with Crippen molar-refractivity contribution in [3.63, 3.8) is 0 Å². The Morgan fingerprint density at radius 2 is 0.561 bits per heavy atom. The standard InChI is InChI=1S/C64H46N2/c1-6-21-47(22-7-1)39-40-48-23-18-24-49(43-48)50-41-42-61-62(46-50)64(52-26-20-36-58(45-52)66(55-31-12-4-13-32-55)56-33-14-5-15-34-56)60-38-17-16-37-59(60)63(61)51-25-19-35-57(44-51)65(53-27-8-2-9-28-53)54-29-10-3-11-30-54/h1-46H. The van der Waals surface area contributed by atoms with Crippen molar-refractivity contribution in [1.82, 2.24) is 0 Å². The van der Waals surface area contributed by atoms with Gasteiger partial charge in [0, 0.05) is 34.1 Å². The number of benzene rings is 11. The highest BCUT2D eigenvalue weighted by atomic mass is 15.1. The van der Waals surface area contributed by atoms with Crippen LogP contribution in [-0.2, 0) is 0 Å². The van der Waals surface area contributed by atoms with E-state index in [0.29, 0.717) is 0 Å². The summed E-state index contributed by atoms with van der Waals surface area (Å²) in [6.45, 7) is 0. The molecular weight excluding hydrogens is 797 g/mol. The minimum absolute atomic E-state index is 1.09. The summed E-state index contributed by atoms with van der Waals surface area (Å²) in [6, 6.07) is 96.1. The predicted molar refractivity (Wildman–Crippen MR) is 282 cm³/mol. The molecule has 0 N–H and O–H groups in total. The molecule has 11 rings (SSSR count). The lowest BCUT2D eigenvalue weighted by atomic mass is 9.84. The first-order valence-corrected chi connectivity index (χ1v) is 22.6. The van der Waals surface area contributed by atoms with E-state index in [2.05, 4.69) is 289 Å². The van der Waals surface area contributed by atoms with Crippen molar-refractivity contribution < 1.29 is 0 Å². The van der Waals surface area contributed by atoms with Crippen LogP contribution in [0.3, 0.4) is 0 Å². The summed E-state index contributed by atoms with van der Waals surface area (Å²) in [5.74, 6) is 0. The lowest BCUT2D eigenvalue weighted by Gasteiger charge is -2.27. The monoisotopic (exact) mass is 842 g/mol. The molecule has 2 heteroatoms. The first-order chi connectivity index (χ1) is 32.7. The number of rotatable bonds is 11. The van der Waals surface area contributed by atoms with E-state index in [-0.39, 0.29) is 0 Å². The molecule has 0 aliphatic heterocycles. The van der Waals surface area contributed by atoms with Gasteiger partial charge in [-0.05, 0) is 151 Å². The molecule has 66 heavy (non-hydrogen) atoms. The average Bonchev–Trinajstić information content (AvgIpc) is 3.39. The Hall–Kier alpha value is -8.72. The van der Waals surface area contributed by atoms with E-state index in [1.807, 2.05) is 0 Å². The van der Waals surface area contributed by atoms with Gasteiger partial charge in [-0.25, -0.2) is 0 Å². The van der Waals surface area contributed by atoms with Gasteiger partial charge in [-0.3, -0.25) is 0 Å². The maximum atomic E-state index is 2.42. The Kier molecular flexibility index (Phi) is 11.0. The average molecular weight is 843 g/mol. The van der Waals surface area contributed by atoms with E-state index in [4.69, 9.17) is 0 Å². The van der Waals surface area contributed by atoms with Crippen LogP contribution in [0, 0.1) is 0 Å². The second-order valence-corrected chi connectivity index (χ2v) is 16.5. The van der Waals surface area contributed by atoms with Crippen LogP contribution in [0.25, 0.3) is 67.1 Å². The van der Waals surface area contributed by atoms with Crippen LogP contribution >= 0.6 is 0 Å². The molecule has 0 fully saturated rings. The fourth-order valence-corrected chi connectivity index (χ4v) is 9.36. The highest BCUT2D eigenvalue weighted by Crippen LogP contribution is 2.47. The van der Waals surface area contributed by atoms with Crippen molar-refractivity contribution in [2.45, 2.75) is 0 Å². The number of anilines is 6. The summed E-state index contributed by atoms with van der Waals surface area (Å²) in [7, 11) is 0. The minimum atomic E-state index is 1.09. The normalized spacial score (nSPS) is 11.3. The third-order valence-corrected chi connectivity index (χ3v) is 12.4. The molecule has 0 unspecified atom stereocenters. The number of hydrogen-bond donors (Lipinski definition) is 0. The fourth-order valence-electron chi connectivity index (χ4n) is 9.36. The maximum absolute atomic E-state index is 2.42. The van der Waals surface area contributed by atoms with Crippen LogP contribution < -0.4 is 9.80 Å². The zero-order valence-corrected chi connectivity index (χ0v) is 36.5. The molecule has 0 heterocycles. The molecule has 0 aliphatic carbocycles. The van der Waals surface area contributed by atoms with E-state index in [9.17, 15) is 0 Å². The van der Waals surface area contributed by atoms with Gasteiger partial charge in [-0.1, -0.05) is 194 Å². The molecule has 0 spiro atoms. The molecule has 0 saturated heterocycles. The molecule has 0 aromatic heterocycles. The van der Waals surface area contributed by atoms with Crippen LogP contribution in [0.2, 0.25) is 0 Å². The second kappa shape index (κ2) is 18.2. The molecule has 11 aromatic rings. The van der Waals surface area contributed by atoms with Crippen molar-refractivity contribution in [3.05, 3.63) is 278 Å². The lowest BCUT2D eigenvalue weighted by Crippen LogP contribution is -2.09. The quantitative estimate of drug-likeness (QED) is 0.0945. The van der Waals surface area contributed by atoms with Crippen LogP contribution in [-0.4, -0.2) is 0 Å². The smallest absolute Gasteiger partial charge is 0.0467 e. The first kappa shape index (κ1) is 40.1. The van der Waals surface area contributed by atoms with Gasteiger partial charge < -0.3 is 9.80 Å². The van der Waals surface area contributed by atoms with Crippen LogP contribution in [0.1, 0.15) is 11.1 Å². The Bertz CT molecular complexity index is 3380. The zero-order valence-electron chi connectivity index (χ0n) is 36.5. The summed E-state index contributed by atoms with van der Waals surface area (Å²) < 4.78 is 0. The van der Waals surface area contributed by atoms with Gasteiger partial charge in [-0.2, -0.15) is 0 Å². The molecule has 0 atom stereocenters. The summed E-state index contributed by atoms with van der Waals surface area (Å²) in [5, 5.41) is 4.80. The number of hydrogen-bond acceptors (Lipinski definition) is 2.